The molecule has 1 aromatic rings. The number of carbonyl (C=O) groups is 1. The number of anilines is 1. The minimum Gasteiger partial charge on any atom is -0.396 e. The van der Waals surface area contributed by atoms with Gasteiger partial charge >= 0.3 is 0 Å². The van der Waals surface area contributed by atoms with Crippen molar-refractivity contribution >= 4 is 23.4 Å². The molecule has 25 heavy (non-hydrogen) atoms. The average molecular weight is 364 g/mol. The molecule has 0 spiro atoms. The van der Waals surface area contributed by atoms with Gasteiger partial charge in [-0.05, 0) is 49.5 Å². The molecule has 2 heterocycles. The Morgan fingerprint density at radius 3 is 2.92 bits per heavy atom. The van der Waals surface area contributed by atoms with E-state index in [9.17, 15) is 9.90 Å². The number of likely N-dealkylation sites (tertiary alicyclic amines) is 1. The lowest BCUT2D eigenvalue weighted by molar-refractivity contribution is -0.116. The maximum Gasteiger partial charge on any atom is 0.225 e. The Balaban J connectivity index is 1.48. The Kier molecular flexibility index (Phi) is 7.16. The smallest absolute Gasteiger partial charge is 0.225 e. The first-order valence-corrected chi connectivity index (χ1v) is 10.4. The molecule has 1 atom stereocenters. The molecule has 3 rings (SSSR count). The summed E-state index contributed by atoms with van der Waals surface area (Å²) >= 11 is 1.91. The van der Waals surface area contributed by atoms with Gasteiger partial charge in [0, 0.05) is 49.4 Å². The normalized spacial score (nSPS) is 22.7. The number of piperidine rings is 1. The van der Waals surface area contributed by atoms with Crippen LogP contribution in [0.4, 0.5) is 5.69 Å². The van der Waals surface area contributed by atoms with E-state index in [-0.39, 0.29) is 11.9 Å². The van der Waals surface area contributed by atoms with Crippen molar-refractivity contribution in [2.24, 2.45) is 5.92 Å². The zero-order valence-electron chi connectivity index (χ0n) is 14.7. The molecule has 1 aromatic carbocycles. The molecule has 2 fully saturated rings. The van der Waals surface area contributed by atoms with Crippen LogP contribution in [0.2, 0.25) is 0 Å². The van der Waals surface area contributed by atoms with Crippen LogP contribution in [0.25, 0.3) is 0 Å². The summed E-state index contributed by atoms with van der Waals surface area (Å²) in [5.41, 5.74) is 2.11. The lowest BCUT2D eigenvalue weighted by Gasteiger charge is -2.31. The summed E-state index contributed by atoms with van der Waals surface area (Å²) in [6.07, 6.45) is 2.67. The van der Waals surface area contributed by atoms with Gasteiger partial charge in [-0.3, -0.25) is 9.69 Å². The highest BCUT2D eigenvalue weighted by Gasteiger charge is 2.19. The van der Waals surface area contributed by atoms with Gasteiger partial charge in [-0.25, -0.2) is 0 Å². The van der Waals surface area contributed by atoms with E-state index >= 15 is 0 Å². The summed E-state index contributed by atoms with van der Waals surface area (Å²) in [5, 5.41) is 15.7. The van der Waals surface area contributed by atoms with Crippen molar-refractivity contribution in [1.29, 1.82) is 0 Å². The monoisotopic (exact) mass is 363 g/mol. The van der Waals surface area contributed by atoms with Crippen molar-refractivity contribution in [1.82, 2.24) is 10.2 Å². The minimum atomic E-state index is 0.0842. The van der Waals surface area contributed by atoms with Crippen molar-refractivity contribution in [3.05, 3.63) is 29.8 Å². The van der Waals surface area contributed by atoms with E-state index in [1.807, 2.05) is 23.9 Å². The van der Waals surface area contributed by atoms with Gasteiger partial charge in [0.1, 0.15) is 0 Å². The predicted octanol–water partition coefficient (Wildman–Crippen LogP) is 1.92. The molecule has 0 bridgehead atoms. The number of nitrogens with zero attached hydrogens (tertiary/aromatic N) is 1. The number of carbonyl (C=O) groups excluding carboxylic acids is 1. The molecule has 138 valence electrons. The highest BCUT2D eigenvalue weighted by Crippen LogP contribution is 2.20. The largest absolute Gasteiger partial charge is 0.396 e. The third kappa shape index (κ3) is 5.99. The first kappa shape index (κ1) is 18.7. The molecule has 6 heteroatoms. The first-order valence-electron chi connectivity index (χ1n) is 9.26. The van der Waals surface area contributed by atoms with Gasteiger partial charge in [0.05, 0.1) is 0 Å². The van der Waals surface area contributed by atoms with E-state index in [4.69, 9.17) is 0 Å². The molecular formula is C19H29N3O2S. The number of amides is 1. The number of aliphatic hydroxyl groups excluding tert-OH is 1. The average Bonchev–Trinajstić information content (AvgIpc) is 2.63. The highest BCUT2D eigenvalue weighted by atomic mass is 32.2. The molecule has 1 unspecified atom stereocenters. The van der Waals surface area contributed by atoms with Gasteiger partial charge in [-0.1, -0.05) is 12.1 Å². The number of benzene rings is 1. The molecule has 5 nitrogen and oxygen atoms in total. The second-order valence-corrected chi connectivity index (χ2v) is 8.23. The van der Waals surface area contributed by atoms with E-state index < -0.39 is 0 Å². The van der Waals surface area contributed by atoms with Crippen LogP contribution in [0, 0.1) is 5.92 Å². The maximum absolute atomic E-state index is 12.3. The van der Waals surface area contributed by atoms with Gasteiger partial charge in [0.15, 0.2) is 0 Å². The summed E-state index contributed by atoms with van der Waals surface area (Å²) in [7, 11) is 0. The predicted molar refractivity (Wildman–Crippen MR) is 104 cm³/mol. The molecule has 2 saturated heterocycles. The Morgan fingerprint density at radius 2 is 2.20 bits per heavy atom. The van der Waals surface area contributed by atoms with Crippen LogP contribution in [0.15, 0.2) is 24.3 Å². The third-order valence-electron chi connectivity index (χ3n) is 5.01. The van der Waals surface area contributed by atoms with E-state index in [0.717, 1.165) is 56.2 Å². The Labute approximate surface area is 154 Å². The van der Waals surface area contributed by atoms with Crippen molar-refractivity contribution in [2.45, 2.75) is 31.8 Å². The third-order valence-corrected chi connectivity index (χ3v) is 6.14. The number of hydrogen-bond acceptors (Lipinski definition) is 5. The fourth-order valence-corrected chi connectivity index (χ4v) is 4.47. The summed E-state index contributed by atoms with van der Waals surface area (Å²) in [4.78, 5) is 14.7. The summed E-state index contributed by atoms with van der Waals surface area (Å²) in [6, 6.07) is 8.46. The number of thioether (sulfide) groups is 1. The first-order chi connectivity index (χ1) is 12.2. The SMILES string of the molecule is O=C(CC1CSCCN1)Nc1cccc(CN2CCC(CO)CC2)c1. The van der Waals surface area contributed by atoms with Crippen LogP contribution in [-0.2, 0) is 11.3 Å². The lowest BCUT2D eigenvalue weighted by Crippen LogP contribution is -2.39. The number of aliphatic hydroxyl groups is 1. The van der Waals surface area contributed by atoms with E-state index in [1.54, 1.807) is 0 Å². The zero-order valence-corrected chi connectivity index (χ0v) is 15.6. The molecule has 3 N–H and O–H groups in total. The summed E-state index contributed by atoms with van der Waals surface area (Å²) < 4.78 is 0. The van der Waals surface area contributed by atoms with Crippen molar-refractivity contribution < 1.29 is 9.90 Å². The Bertz CT molecular complexity index is 555. The molecular weight excluding hydrogens is 334 g/mol. The molecule has 2 aliphatic rings. The lowest BCUT2D eigenvalue weighted by atomic mass is 9.97. The Hall–Kier alpha value is -1.08. The summed E-state index contributed by atoms with van der Waals surface area (Å²) in [5.74, 6) is 2.70. The molecule has 2 aliphatic heterocycles. The van der Waals surface area contributed by atoms with Gasteiger partial charge in [-0.15, -0.1) is 0 Å². The zero-order chi connectivity index (χ0) is 17.5. The van der Waals surface area contributed by atoms with E-state index in [0.29, 0.717) is 18.9 Å². The molecule has 1 amide bonds. The fourth-order valence-electron chi connectivity index (χ4n) is 3.52. The molecule has 0 aliphatic carbocycles. The maximum atomic E-state index is 12.3. The fraction of sp³-hybridized carbons (Fsp3) is 0.632. The van der Waals surface area contributed by atoms with E-state index in [1.165, 1.54) is 5.56 Å². The molecule has 0 saturated carbocycles. The number of nitrogens with one attached hydrogen (secondary N) is 2. The van der Waals surface area contributed by atoms with Crippen LogP contribution in [0.3, 0.4) is 0 Å². The second kappa shape index (κ2) is 9.57. The topological polar surface area (TPSA) is 64.6 Å². The standard InChI is InChI=1S/C19H29N3O2S/c23-13-15-4-7-22(8-5-15)12-16-2-1-3-17(10-16)21-19(24)11-18-14-25-9-6-20-18/h1-3,10,15,18,20,23H,4-9,11-14H2,(H,21,24). The molecule has 0 radical (unpaired) electrons. The van der Waals surface area contributed by atoms with Crippen molar-refractivity contribution in [2.75, 3.05) is 43.1 Å². The van der Waals surface area contributed by atoms with E-state index in [2.05, 4.69) is 27.7 Å². The van der Waals surface area contributed by atoms with Crippen LogP contribution >= 0.6 is 11.8 Å². The van der Waals surface area contributed by atoms with Crippen LogP contribution in [-0.4, -0.2) is 59.7 Å². The highest BCUT2D eigenvalue weighted by molar-refractivity contribution is 7.99. The van der Waals surface area contributed by atoms with Crippen LogP contribution in [0.5, 0.6) is 0 Å². The summed E-state index contributed by atoms with van der Waals surface area (Å²) in [6.45, 7) is 4.27. The van der Waals surface area contributed by atoms with Gasteiger partial charge in [0.2, 0.25) is 5.91 Å². The van der Waals surface area contributed by atoms with Crippen molar-refractivity contribution in [3.63, 3.8) is 0 Å². The minimum absolute atomic E-state index is 0.0842. The van der Waals surface area contributed by atoms with Crippen LogP contribution in [0.1, 0.15) is 24.8 Å². The molecule has 0 aromatic heterocycles. The second-order valence-electron chi connectivity index (χ2n) is 7.08. The number of hydrogen-bond donors (Lipinski definition) is 3. The van der Waals surface area contributed by atoms with Crippen molar-refractivity contribution in [3.8, 4) is 0 Å². The van der Waals surface area contributed by atoms with Gasteiger partial charge in [0.25, 0.3) is 0 Å². The van der Waals surface area contributed by atoms with Gasteiger partial charge < -0.3 is 15.7 Å². The van der Waals surface area contributed by atoms with Gasteiger partial charge in [-0.2, -0.15) is 11.8 Å². The number of rotatable bonds is 6. The van der Waals surface area contributed by atoms with Crippen LogP contribution < -0.4 is 10.6 Å². The Morgan fingerprint density at radius 1 is 1.36 bits per heavy atom. The quantitative estimate of drug-likeness (QED) is 0.721.